The van der Waals surface area contributed by atoms with Crippen LogP contribution in [0.15, 0.2) is 90.1 Å². The van der Waals surface area contributed by atoms with Crippen LogP contribution >= 0.6 is 11.8 Å². The molecule has 0 spiro atoms. The largest absolute Gasteiger partial charge is 0.489 e. The maximum absolute atomic E-state index is 13.5. The second-order valence-corrected chi connectivity index (χ2v) is 8.43. The zero-order valence-corrected chi connectivity index (χ0v) is 18.4. The number of thioether (sulfide) groups is 1. The average molecular weight is 443 g/mol. The molecule has 1 atom stereocenters. The molecular formula is C25H22N4O2S. The molecule has 1 amide bonds. The summed E-state index contributed by atoms with van der Waals surface area (Å²) in [5.74, 6) is 1.75. The van der Waals surface area contributed by atoms with Crippen molar-refractivity contribution in [3.05, 3.63) is 90.5 Å². The molecule has 0 radical (unpaired) electrons. The number of para-hydroxylation sites is 2. The highest BCUT2D eigenvalue weighted by Gasteiger charge is 2.33. The van der Waals surface area contributed by atoms with Crippen molar-refractivity contribution in [2.24, 2.45) is 7.05 Å². The van der Waals surface area contributed by atoms with Gasteiger partial charge in [-0.05, 0) is 17.7 Å². The first kappa shape index (κ1) is 20.3. The molecule has 5 rings (SSSR count). The number of carbonyl (C=O) groups excluding carboxylic acids is 1. The Balaban J connectivity index is 1.39. The number of anilines is 1. The van der Waals surface area contributed by atoms with E-state index >= 15 is 0 Å². The molecule has 0 aliphatic carbocycles. The Hall–Kier alpha value is -3.58. The number of carbonyl (C=O) groups is 1. The number of aromatic nitrogens is 3. The van der Waals surface area contributed by atoms with E-state index in [2.05, 4.69) is 10.2 Å². The minimum absolute atomic E-state index is 0.00358. The fourth-order valence-corrected chi connectivity index (χ4v) is 4.66. The first-order valence-corrected chi connectivity index (χ1v) is 11.4. The molecule has 32 heavy (non-hydrogen) atoms. The van der Waals surface area contributed by atoms with E-state index in [-0.39, 0.29) is 17.7 Å². The van der Waals surface area contributed by atoms with Crippen molar-refractivity contribution in [1.29, 1.82) is 0 Å². The van der Waals surface area contributed by atoms with Gasteiger partial charge in [0, 0.05) is 12.6 Å². The summed E-state index contributed by atoms with van der Waals surface area (Å²) in [6.45, 7) is 0.416. The molecule has 2 heterocycles. The molecule has 1 aliphatic heterocycles. The fourth-order valence-electron chi connectivity index (χ4n) is 3.89. The summed E-state index contributed by atoms with van der Waals surface area (Å²) in [5.41, 5.74) is 2.83. The van der Waals surface area contributed by atoms with Crippen molar-refractivity contribution in [1.82, 2.24) is 14.8 Å². The monoisotopic (exact) mass is 442 g/mol. The van der Waals surface area contributed by atoms with Gasteiger partial charge in [-0.3, -0.25) is 9.69 Å². The minimum atomic E-state index is -0.182. The number of amides is 1. The van der Waals surface area contributed by atoms with Crippen LogP contribution in [0.3, 0.4) is 0 Å². The Morgan fingerprint density at radius 3 is 2.44 bits per heavy atom. The molecule has 1 aromatic heterocycles. The molecule has 0 fully saturated rings. The van der Waals surface area contributed by atoms with Gasteiger partial charge in [0.05, 0.1) is 17.5 Å². The van der Waals surface area contributed by atoms with Gasteiger partial charge >= 0.3 is 0 Å². The molecule has 0 saturated heterocycles. The van der Waals surface area contributed by atoms with Crippen molar-refractivity contribution >= 4 is 23.4 Å². The van der Waals surface area contributed by atoms with Crippen molar-refractivity contribution in [3.8, 4) is 17.1 Å². The van der Waals surface area contributed by atoms with Crippen molar-refractivity contribution in [2.45, 2.75) is 11.2 Å². The maximum Gasteiger partial charge on any atom is 0.238 e. The van der Waals surface area contributed by atoms with Gasteiger partial charge in [0.15, 0.2) is 11.0 Å². The van der Waals surface area contributed by atoms with Crippen LogP contribution in [0.25, 0.3) is 11.4 Å². The molecule has 0 unspecified atom stereocenters. The van der Waals surface area contributed by atoms with E-state index in [0.29, 0.717) is 11.8 Å². The lowest BCUT2D eigenvalue weighted by Crippen LogP contribution is -2.42. The van der Waals surface area contributed by atoms with Crippen molar-refractivity contribution in [2.75, 3.05) is 17.3 Å². The van der Waals surface area contributed by atoms with Gasteiger partial charge in [-0.1, -0.05) is 84.6 Å². The summed E-state index contributed by atoms with van der Waals surface area (Å²) < 4.78 is 7.90. The topological polar surface area (TPSA) is 60.2 Å². The summed E-state index contributed by atoms with van der Waals surface area (Å²) in [6, 6.07) is 27.4. The van der Waals surface area contributed by atoms with Crippen LogP contribution in [0.4, 0.5) is 5.69 Å². The standard InChI is InChI=1S/C25H22N4O2S/c1-28-24(19-12-6-3-7-13-19)26-27-25(28)32-17-23(30)29-20-14-8-9-15-22(20)31-16-21(29)18-10-4-2-5-11-18/h2-15,21H,16-17H2,1H3/t21-/m0/s1. The second-order valence-electron chi connectivity index (χ2n) is 7.49. The number of nitrogens with zero attached hydrogens (tertiary/aromatic N) is 4. The fraction of sp³-hybridized carbons (Fsp3) is 0.160. The van der Waals surface area contributed by atoms with Gasteiger partial charge in [-0.2, -0.15) is 0 Å². The van der Waals surface area contributed by atoms with E-state index < -0.39 is 0 Å². The number of fused-ring (bicyclic) bond motifs is 1. The summed E-state index contributed by atoms with van der Waals surface area (Å²) in [6.07, 6.45) is 0. The predicted octanol–water partition coefficient (Wildman–Crippen LogP) is 4.74. The maximum atomic E-state index is 13.5. The first-order chi connectivity index (χ1) is 15.7. The highest BCUT2D eigenvalue weighted by molar-refractivity contribution is 7.99. The third-order valence-electron chi connectivity index (χ3n) is 5.48. The molecule has 0 N–H and O–H groups in total. The molecule has 160 valence electrons. The van der Waals surface area contributed by atoms with E-state index in [1.54, 1.807) is 0 Å². The molecular weight excluding hydrogens is 420 g/mol. The van der Waals surface area contributed by atoms with Crippen molar-refractivity contribution < 1.29 is 9.53 Å². The third-order valence-corrected chi connectivity index (χ3v) is 6.48. The van der Waals surface area contributed by atoms with Gasteiger partial charge in [-0.15, -0.1) is 10.2 Å². The molecule has 7 heteroatoms. The van der Waals surface area contributed by atoms with Gasteiger partial charge < -0.3 is 9.30 Å². The summed E-state index contributed by atoms with van der Waals surface area (Å²) >= 11 is 1.39. The molecule has 3 aromatic carbocycles. The second kappa shape index (κ2) is 8.88. The lowest BCUT2D eigenvalue weighted by atomic mass is 10.0. The van der Waals surface area contributed by atoms with Crippen LogP contribution < -0.4 is 9.64 Å². The zero-order valence-electron chi connectivity index (χ0n) is 17.6. The highest BCUT2D eigenvalue weighted by atomic mass is 32.2. The van der Waals surface area contributed by atoms with E-state index in [1.165, 1.54) is 11.8 Å². The van der Waals surface area contributed by atoms with Crippen molar-refractivity contribution in [3.63, 3.8) is 0 Å². The van der Waals surface area contributed by atoms with E-state index in [0.717, 1.165) is 28.4 Å². The summed E-state index contributed by atoms with van der Waals surface area (Å²) in [5, 5.41) is 9.34. The van der Waals surface area contributed by atoms with Gasteiger partial charge in [0.1, 0.15) is 12.4 Å². The summed E-state index contributed by atoms with van der Waals surface area (Å²) in [4.78, 5) is 15.4. The Labute approximate surface area is 190 Å². The number of hydrogen-bond acceptors (Lipinski definition) is 5. The first-order valence-electron chi connectivity index (χ1n) is 10.4. The van der Waals surface area contributed by atoms with Crippen LogP contribution in [-0.2, 0) is 11.8 Å². The van der Waals surface area contributed by atoms with Crippen LogP contribution in [0.1, 0.15) is 11.6 Å². The molecule has 6 nitrogen and oxygen atoms in total. The highest BCUT2D eigenvalue weighted by Crippen LogP contribution is 2.39. The van der Waals surface area contributed by atoms with Crippen LogP contribution in [0.2, 0.25) is 0 Å². The summed E-state index contributed by atoms with van der Waals surface area (Å²) in [7, 11) is 1.92. The van der Waals surface area contributed by atoms with E-state index in [4.69, 9.17) is 4.74 Å². The van der Waals surface area contributed by atoms with Crippen LogP contribution in [0.5, 0.6) is 5.75 Å². The minimum Gasteiger partial charge on any atom is -0.489 e. The quantitative estimate of drug-likeness (QED) is 0.418. The Morgan fingerprint density at radius 2 is 1.66 bits per heavy atom. The average Bonchev–Trinajstić information content (AvgIpc) is 3.23. The third kappa shape index (κ3) is 3.87. The predicted molar refractivity (Wildman–Crippen MR) is 126 cm³/mol. The Morgan fingerprint density at radius 1 is 0.969 bits per heavy atom. The number of benzene rings is 3. The smallest absolute Gasteiger partial charge is 0.238 e. The van der Waals surface area contributed by atoms with Gasteiger partial charge in [0.2, 0.25) is 5.91 Å². The van der Waals surface area contributed by atoms with Gasteiger partial charge in [0.25, 0.3) is 0 Å². The van der Waals surface area contributed by atoms with E-state index in [1.807, 2.05) is 101 Å². The van der Waals surface area contributed by atoms with Crippen LogP contribution in [-0.4, -0.2) is 33.0 Å². The molecule has 0 saturated carbocycles. The van der Waals surface area contributed by atoms with Gasteiger partial charge in [-0.25, -0.2) is 0 Å². The lowest BCUT2D eigenvalue weighted by molar-refractivity contribution is -0.117. The SMILES string of the molecule is Cn1c(SCC(=O)N2c3ccccc3OC[C@H]2c2ccccc2)nnc1-c1ccccc1. The molecule has 0 bridgehead atoms. The number of hydrogen-bond donors (Lipinski definition) is 0. The number of ether oxygens (including phenoxy) is 1. The molecule has 4 aromatic rings. The Bertz CT molecular complexity index is 1230. The number of rotatable bonds is 5. The normalized spacial score (nSPS) is 15.2. The molecule has 1 aliphatic rings. The lowest BCUT2D eigenvalue weighted by Gasteiger charge is -2.37. The Kier molecular flexibility index (Phi) is 5.64. The zero-order chi connectivity index (χ0) is 21.9. The van der Waals surface area contributed by atoms with E-state index in [9.17, 15) is 4.79 Å². The van der Waals surface area contributed by atoms with Crippen LogP contribution in [0, 0.1) is 0 Å².